The summed E-state index contributed by atoms with van der Waals surface area (Å²) in [5.41, 5.74) is 5.18. The predicted molar refractivity (Wildman–Crippen MR) is 146 cm³/mol. The van der Waals surface area contributed by atoms with Crippen LogP contribution in [0.25, 0.3) is 6.08 Å². The number of hydrogen-bond donors (Lipinski definition) is 0. The van der Waals surface area contributed by atoms with Crippen LogP contribution in [0.2, 0.25) is 0 Å². The Morgan fingerprint density at radius 2 is 1.79 bits per heavy atom. The molecule has 0 N–H and O–H groups in total. The molecule has 0 saturated heterocycles. The van der Waals surface area contributed by atoms with Gasteiger partial charge in [0.05, 0.1) is 10.7 Å². The third-order valence-corrected chi connectivity index (χ3v) is 7.23. The molecule has 0 spiro atoms. The van der Waals surface area contributed by atoms with E-state index >= 15 is 0 Å². The first-order chi connectivity index (χ1) is 15.9. The van der Waals surface area contributed by atoms with E-state index in [2.05, 4.69) is 63.2 Å². The zero-order valence-corrected chi connectivity index (χ0v) is 22.6. The number of rotatable bonds is 6. The normalized spacial score (nSPS) is 14.3. The van der Waals surface area contributed by atoms with Crippen molar-refractivity contribution < 1.29 is 19.0 Å². The first-order valence-corrected chi connectivity index (χ1v) is 12.4. The van der Waals surface area contributed by atoms with Crippen molar-refractivity contribution in [2.45, 2.75) is 20.5 Å². The van der Waals surface area contributed by atoms with Gasteiger partial charge >= 0.3 is 5.97 Å². The molecule has 3 aromatic rings. The Labute approximate surface area is 220 Å². The van der Waals surface area contributed by atoms with E-state index in [0.29, 0.717) is 24.0 Å². The van der Waals surface area contributed by atoms with Gasteiger partial charge in [0.15, 0.2) is 17.2 Å². The quantitative estimate of drug-likeness (QED) is 0.173. The maximum atomic E-state index is 12.4. The summed E-state index contributed by atoms with van der Waals surface area (Å²) in [4.78, 5) is 16.9. The van der Waals surface area contributed by atoms with Crippen molar-refractivity contribution in [3.05, 3.63) is 95.3 Å². The van der Waals surface area contributed by atoms with Crippen molar-refractivity contribution in [2.24, 2.45) is 4.99 Å². The number of aliphatic imine (C=N–C) groups is 1. The first-order valence-electron chi connectivity index (χ1n) is 10.2. The van der Waals surface area contributed by atoms with Gasteiger partial charge in [-0.05, 0) is 118 Å². The van der Waals surface area contributed by atoms with Crippen LogP contribution in [0.1, 0.15) is 27.8 Å². The summed E-state index contributed by atoms with van der Waals surface area (Å²) in [6.45, 7) is 4.51. The monoisotopic (exact) mass is 665 g/mol. The van der Waals surface area contributed by atoms with E-state index in [1.165, 1.54) is 5.56 Å². The molecule has 0 radical (unpaired) electrons. The fourth-order valence-electron chi connectivity index (χ4n) is 3.35. The van der Waals surface area contributed by atoms with Crippen LogP contribution in [0.3, 0.4) is 0 Å². The van der Waals surface area contributed by atoms with Gasteiger partial charge in [-0.1, -0.05) is 24.3 Å². The fourth-order valence-corrected chi connectivity index (χ4v) is 4.47. The minimum absolute atomic E-state index is 0.243. The van der Waals surface area contributed by atoms with Gasteiger partial charge in [0.25, 0.3) is 0 Å². The van der Waals surface area contributed by atoms with Crippen LogP contribution in [-0.2, 0) is 16.1 Å². The molecule has 1 aliphatic heterocycles. The van der Waals surface area contributed by atoms with E-state index in [4.69, 9.17) is 14.2 Å². The molecule has 0 aromatic heterocycles. The lowest BCUT2D eigenvalue weighted by molar-refractivity contribution is -0.129. The molecule has 1 heterocycles. The third-order valence-electron chi connectivity index (χ3n) is 5.21. The molecule has 4 rings (SSSR count). The second kappa shape index (κ2) is 10.3. The molecule has 0 fully saturated rings. The summed E-state index contributed by atoms with van der Waals surface area (Å²) >= 11 is 4.48. The number of esters is 1. The highest BCUT2D eigenvalue weighted by molar-refractivity contribution is 14.1. The summed E-state index contributed by atoms with van der Waals surface area (Å²) < 4.78 is 19.1. The minimum Gasteiger partial charge on any atom is -0.493 e. The van der Waals surface area contributed by atoms with Crippen molar-refractivity contribution in [1.29, 1.82) is 0 Å². The van der Waals surface area contributed by atoms with Gasteiger partial charge in [0.2, 0.25) is 5.90 Å². The van der Waals surface area contributed by atoms with E-state index in [1.807, 2.05) is 55.5 Å². The Bertz CT molecular complexity index is 1300. The maximum absolute atomic E-state index is 12.4. The maximum Gasteiger partial charge on any atom is 0.363 e. The van der Waals surface area contributed by atoms with E-state index in [0.717, 1.165) is 29.4 Å². The molecule has 0 saturated carbocycles. The summed E-state index contributed by atoms with van der Waals surface area (Å²) in [6, 6.07) is 17.7. The second-order valence-corrected chi connectivity index (χ2v) is 9.87. The second-order valence-electron chi connectivity index (χ2n) is 7.55. The van der Waals surface area contributed by atoms with E-state index in [1.54, 1.807) is 13.2 Å². The van der Waals surface area contributed by atoms with Gasteiger partial charge in [-0.2, -0.15) is 0 Å². The van der Waals surface area contributed by atoms with Crippen LogP contribution in [0.4, 0.5) is 0 Å². The molecule has 33 heavy (non-hydrogen) atoms. The number of benzene rings is 3. The SMILES string of the molecule is COc1cc(/C=C2\N=C(c3ccc(I)c(C)c3)OC2=O)cc(I)c1OCc1ccccc1C. The molecule has 1 aliphatic rings. The summed E-state index contributed by atoms with van der Waals surface area (Å²) in [5, 5.41) is 0. The Balaban J connectivity index is 1.60. The van der Waals surface area contributed by atoms with Crippen LogP contribution >= 0.6 is 45.2 Å². The smallest absolute Gasteiger partial charge is 0.363 e. The number of carbonyl (C=O) groups is 1. The Morgan fingerprint density at radius 1 is 1.00 bits per heavy atom. The number of ether oxygens (including phenoxy) is 3. The zero-order chi connectivity index (χ0) is 23.5. The lowest BCUT2D eigenvalue weighted by atomic mass is 10.1. The Hall–Kier alpha value is -2.40. The van der Waals surface area contributed by atoms with Crippen LogP contribution in [0.15, 0.2) is 65.3 Å². The van der Waals surface area contributed by atoms with Gasteiger partial charge in [0, 0.05) is 9.13 Å². The van der Waals surface area contributed by atoms with Crippen LogP contribution in [0.5, 0.6) is 11.5 Å². The standard InChI is InChI=1S/C26H21I2NO4/c1-15-6-4-5-7-19(15)14-32-24-21(28)11-17(13-23(24)31-3)12-22-26(30)33-25(29-22)18-8-9-20(27)16(2)10-18/h4-13H,14H2,1-3H3/b22-12-. The number of methoxy groups -OCH3 is 1. The van der Waals surface area contributed by atoms with E-state index < -0.39 is 5.97 Å². The van der Waals surface area contributed by atoms with Gasteiger partial charge in [-0.15, -0.1) is 0 Å². The van der Waals surface area contributed by atoms with Crippen molar-refractivity contribution in [3.63, 3.8) is 0 Å². The number of hydrogen-bond acceptors (Lipinski definition) is 5. The Morgan fingerprint density at radius 3 is 2.52 bits per heavy atom. The minimum atomic E-state index is -0.477. The molecule has 5 nitrogen and oxygen atoms in total. The number of carbonyl (C=O) groups excluding carboxylic acids is 1. The van der Waals surface area contributed by atoms with Crippen LogP contribution in [0, 0.1) is 21.0 Å². The van der Waals surface area contributed by atoms with Gasteiger partial charge in [-0.3, -0.25) is 0 Å². The van der Waals surface area contributed by atoms with E-state index in [9.17, 15) is 4.79 Å². The molecule has 3 aromatic carbocycles. The van der Waals surface area contributed by atoms with E-state index in [-0.39, 0.29) is 5.70 Å². The molecular weight excluding hydrogens is 644 g/mol. The van der Waals surface area contributed by atoms with Gasteiger partial charge < -0.3 is 14.2 Å². The lowest BCUT2D eigenvalue weighted by Crippen LogP contribution is -2.05. The van der Waals surface area contributed by atoms with Gasteiger partial charge in [0.1, 0.15) is 6.61 Å². The average molecular weight is 665 g/mol. The topological polar surface area (TPSA) is 57.1 Å². The van der Waals surface area contributed by atoms with Crippen LogP contribution < -0.4 is 9.47 Å². The largest absolute Gasteiger partial charge is 0.493 e. The number of aryl methyl sites for hydroxylation is 2. The van der Waals surface area contributed by atoms with Crippen molar-refractivity contribution >= 4 is 63.1 Å². The molecule has 168 valence electrons. The number of halogens is 2. The van der Waals surface area contributed by atoms with Crippen molar-refractivity contribution in [2.75, 3.05) is 7.11 Å². The molecule has 0 atom stereocenters. The van der Waals surface area contributed by atoms with Crippen molar-refractivity contribution in [1.82, 2.24) is 0 Å². The van der Waals surface area contributed by atoms with Crippen molar-refractivity contribution in [3.8, 4) is 11.5 Å². The molecule has 0 unspecified atom stereocenters. The number of cyclic esters (lactones) is 1. The zero-order valence-electron chi connectivity index (χ0n) is 18.3. The Kier molecular flexibility index (Phi) is 7.38. The predicted octanol–water partition coefficient (Wildman–Crippen LogP) is 6.44. The van der Waals surface area contributed by atoms with Crippen LogP contribution in [-0.4, -0.2) is 19.0 Å². The average Bonchev–Trinajstić information content (AvgIpc) is 3.15. The first kappa shape index (κ1) is 23.7. The van der Waals surface area contributed by atoms with Gasteiger partial charge in [-0.25, -0.2) is 9.79 Å². The molecule has 0 amide bonds. The lowest BCUT2D eigenvalue weighted by Gasteiger charge is -2.14. The summed E-state index contributed by atoms with van der Waals surface area (Å²) in [6.07, 6.45) is 1.70. The fraction of sp³-hybridized carbons (Fsp3) is 0.154. The summed E-state index contributed by atoms with van der Waals surface area (Å²) in [7, 11) is 1.60. The molecular formula is C26H21I2NO4. The highest BCUT2D eigenvalue weighted by Gasteiger charge is 2.25. The highest BCUT2D eigenvalue weighted by Crippen LogP contribution is 2.36. The summed E-state index contributed by atoms with van der Waals surface area (Å²) in [5.74, 6) is 1.09. The molecule has 0 bridgehead atoms. The molecule has 7 heteroatoms. The third kappa shape index (κ3) is 5.40. The highest BCUT2D eigenvalue weighted by atomic mass is 127. The molecule has 0 aliphatic carbocycles. The number of nitrogens with zero attached hydrogens (tertiary/aromatic N) is 1.